The lowest BCUT2D eigenvalue weighted by atomic mass is 9.80. The minimum Gasteiger partial charge on any atom is -0.497 e. The fourth-order valence-corrected chi connectivity index (χ4v) is 5.32. The number of carbonyl (C=O) groups is 3. The van der Waals surface area contributed by atoms with Gasteiger partial charge in [-0.05, 0) is 47.4 Å². The number of anilines is 1. The van der Waals surface area contributed by atoms with Crippen LogP contribution in [0.25, 0.3) is 0 Å². The molecule has 1 aliphatic carbocycles. The highest BCUT2D eigenvalue weighted by molar-refractivity contribution is 6.25. The Balaban J connectivity index is 1.94. The van der Waals surface area contributed by atoms with Crippen molar-refractivity contribution in [2.75, 3.05) is 39.3 Å². The predicted octanol–water partition coefficient (Wildman–Crippen LogP) is 2.06. The number of urea groups is 1. The fraction of sp³-hybridized carbons (Fsp3) is 0.400. The molecular formula is C25H30N4O5. The first-order chi connectivity index (χ1) is 16.4. The number of hydrogen-bond acceptors (Lipinski definition) is 7. The number of amides is 2. The van der Waals surface area contributed by atoms with E-state index in [2.05, 4.69) is 16.1 Å². The molecule has 2 aliphatic rings. The second kappa shape index (κ2) is 9.44. The van der Waals surface area contributed by atoms with Gasteiger partial charge in [-0.3, -0.25) is 20.3 Å². The smallest absolute Gasteiger partial charge is 0.318 e. The molecule has 1 saturated carbocycles. The molecule has 1 heterocycles. The van der Waals surface area contributed by atoms with Gasteiger partial charge < -0.3 is 20.3 Å². The maximum Gasteiger partial charge on any atom is 0.318 e. The van der Waals surface area contributed by atoms with Crippen molar-refractivity contribution >= 4 is 23.3 Å². The number of aryl methyl sites for hydroxylation is 1. The van der Waals surface area contributed by atoms with E-state index in [1.807, 2.05) is 13.0 Å². The van der Waals surface area contributed by atoms with Gasteiger partial charge in [0.2, 0.25) is 0 Å². The summed E-state index contributed by atoms with van der Waals surface area (Å²) in [6.45, 7) is 2.74. The van der Waals surface area contributed by atoms with Crippen LogP contribution in [0.5, 0.6) is 5.75 Å². The van der Waals surface area contributed by atoms with Gasteiger partial charge in [0.1, 0.15) is 5.75 Å². The van der Waals surface area contributed by atoms with Crippen LogP contribution >= 0.6 is 0 Å². The van der Waals surface area contributed by atoms with E-state index < -0.39 is 23.4 Å². The summed E-state index contributed by atoms with van der Waals surface area (Å²) < 4.78 is 5.39. The van der Waals surface area contributed by atoms with Crippen LogP contribution in [-0.2, 0) is 16.0 Å². The van der Waals surface area contributed by atoms with Crippen molar-refractivity contribution in [3.05, 3.63) is 59.2 Å². The zero-order valence-corrected chi connectivity index (χ0v) is 19.6. The quantitative estimate of drug-likeness (QED) is 0.393. The second-order valence-corrected chi connectivity index (χ2v) is 8.58. The van der Waals surface area contributed by atoms with Crippen molar-refractivity contribution in [3.8, 4) is 5.75 Å². The predicted molar refractivity (Wildman–Crippen MR) is 126 cm³/mol. The first-order valence-corrected chi connectivity index (χ1v) is 11.4. The van der Waals surface area contributed by atoms with Crippen LogP contribution in [0.1, 0.15) is 35.4 Å². The minimum absolute atomic E-state index is 0.0623. The molecule has 0 aromatic heterocycles. The highest BCUT2D eigenvalue weighted by atomic mass is 16.5. The number of ketones is 2. The van der Waals surface area contributed by atoms with Crippen molar-refractivity contribution < 1.29 is 24.3 Å². The third kappa shape index (κ3) is 3.61. The number of ether oxygens (including phenoxy) is 1. The van der Waals surface area contributed by atoms with Crippen molar-refractivity contribution in [2.24, 2.45) is 0 Å². The summed E-state index contributed by atoms with van der Waals surface area (Å²) in [6.07, 6.45) is 0.595. The Kier molecular flexibility index (Phi) is 6.58. The lowest BCUT2D eigenvalue weighted by Crippen LogP contribution is -2.70. The minimum atomic E-state index is -1.62. The zero-order chi connectivity index (χ0) is 24.5. The summed E-state index contributed by atoms with van der Waals surface area (Å²) in [4.78, 5) is 42.8. The Bertz CT molecular complexity index is 1120. The van der Waals surface area contributed by atoms with Crippen LogP contribution in [0.3, 0.4) is 0 Å². The van der Waals surface area contributed by atoms with Gasteiger partial charge >= 0.3 is 6.03 Å². The molecular weight excluding hydrogens is 436 g/mol. The molecule has 2 aromatic rings. The van der Waals surface area contributed by atoms with Gasteiger partial charge in [-0.2, -0.15) is 0 Å². The molecule has 1 spiro atoms. The van der Waals surface area contributed by atoms with E-state index in [4.69, 9.17) is 4.74 Å². The average Bonchev–Trinajstić information content (AvgIpc) is 3.10. The summed E-state index contributed by atoms with van der Waals surface area (Å²) in [7, 11) is 3.04. The molecule has 2 amide bonds. The second-order valence-electron chi connectivity index (χ2n) is 8.58. The first kappa shape index (κ1) is 23.7. The molecule has 0 radical (unpaired) electrons. The Labute approximate surface area is 198 Å². The Morgan fingerprint density at radius 2 is 1.97 bits per heavy atom. The van der Waals surface area contributed by atoms with Crippen molar-refractivity contribution in [1.82, 2.24) is 15.5 Å². The van der Waals surface area contributed by atoms with E-state index >= 15 is 0 Å². The molecule has 9 heteroatoms. The molecule has 1 saturated heterocycles. The molecule has 34 heavy (non-hydrogen) atoms. The van der Waals surface area contributed by atoms with Crippen molar-refractivity contribution in [3.63, 3.8) is 0 Å². The molecule has 0 unspecified atom stereocenters. The summed E-state index contributed by atoms with van der Waals surface area (Å²) in [5.41, 5.74) is 3.24. The third-order valence-electron chi connectivity index (χ3n) is 6.97. The summed E-state index contributed by atoms with van der Waals surface area (Å²) in [6, 6.07) is 11.9. The number of carbonyl (C=O) groups excluding carboxylic acids is 3. The number of hydrogen-bond donors (Lipinski definition) is 4. The van der Waals surface area contributed by atoms with Crippen molar-refractivity contribution in [2.45, 2.75) is 30.7 Å². The molecule has 0 bridgehead atoms. The maximum absolute atomic E-state index is 14.3. The van der Waals surface area contributed by atoms with Gasteiger partial charge in [-0.25, -0.2) is 4.79 Å². The summed E-state index contributed by atoms with van der Waals surface area (Å²) in [5.74, 6) is -1.63. The molecule has 180 valence electrons. The summed E-state index contributed by atoms with van der Waals surface area (Å²) >= 11 is 0. The third-order valence-corrected chi connectivity index (χ3v) is 6.97. The van der Waals surface area contributed by atoms with Crippen LogP contribution in [0, 0.1) is 0 Å². The lowest BCUT2D eigenvalue weighted by molar-refractivity contribution is -0.137. The maximum atomic E-state index is 14.3. The number of nitrogens with one attached hydrogen (secondary N) is 3. The molecule has 4 N–H and O–H groups in total. The van der Waals surface area contributed by atoms with Gasteiger partial charge in [0.15, 0.2) is 17.1 Å². The average molecular weight is 467 g/mol. The largest absolute Gasteiger partial charge is 0.497 e. The first-order valence-electron chi connectivity index (χ1n) is 11.4. The SMILES string of the molecule is CCc1cc(NO)ccc1[C@H]1C(=O)[C@]2(CNCCN2C(=O)NC)C(=O)[C@H]1c1cccc(OC)c1. The number of piperazine rings is 1. The molecule has 3 atom stereocenters. The van der Waals surface area contributed by atoms with Crippen LogP contribution in [-0.4, -0.2) is 67.0 Å². The van der Waals surface area contributed by atoms with Gasteiger partial charge in [-0.15, -0.1) is 0 Å². The monoisotopic (exact) mass is 466 g/mol. The van der Waals surface area contributed by atoms with Crippen LogP contribution in [0.2, 0.25) is 0 Å². The number of benzene rings is 2. The van der Waals surface area contributed by atoms with Crippen LogP contribution in [0.4, 0.5) is 10.5 Å². The molecule has 4 rings (SSSR count). The number of rotatable bonds is 5. The Morgan fingerprint density at radius 1 is 1.21 bits per heavy atom. The normalized spacial score (nSPS) is 24.4. The molecule has 2 fully saturated rings. The van der Waals surface area contributed by atoms with E-state index in [0.29, 0.717) is 35.5 Å². The fourth-order valence-electron chi connectivity index (χ4n) is 5.32. The van der Waals surface area contributed by atoms with E-state index in [9.17, 15) is 19.6 Å². The van der Waals surface area contributed by atoms with Crippen LogP contribution < -0.4 is 20.9 Å². The molecule has 9 nitrogen and oxygen atoms in total. The number of methoxy groups -OCH3 is 1. The lowest BCUT2D eigenvalue weighted by Gasteiger charge is -2.42. The Morgan fingerprint density at radius 3 is 2.65 bits per heavy atom. The zero-order valence-electron chi connectivity index (χ0n) is 19.6. The summed E-state index contributed by atoms with van der Waals surface area (Å²) in [5, 5.41) is 15.1. The van der Waals surface area contributed by atoms with Crippen molar-refractivity contribution in [1.29, 1.82) is 0 Å². The molecule has 2 aromatic carbocycles. The number of nitrogens with zero attached hydrogens (tertiary/aromatic N) is 1. The standard InChI is InChI=1S/C25H30N4O5/c1-4-15-12-17(28-33)8-9-19(15)21-20(16-6-5-7-18(13-16)34-3)22(30)25(23(21)31)14-27-10-11-29(25)24(32)26-2/h5-9,12-13,20-21,27-28,33H,4,10-11,14H2,1-3H3,(H,26,32)/t20-,21+,25-/m0/s1. The van der Waals surface area contributed by atoms with Gasteiger partial charge in [-0.1, -0.05) is 25.1 Å². The van der Waals surface area contributed by atoms with Gasteiger partial charge in [0.05, 0.1) is 24.6 Å². The topological polar surface area (TPSA) is 120 Å². The van der Waals surface area contributed by atoms with E-state index in [0.717, 1.165) is 5.56 Å². The highest BCUT2D eigenvalue weighted by Crippen LogP contribution is 2.50. The molecule has 1 aliphatic heterocycles. The van der Waals surface area contributed by atoms with Gasteiger partial charge in [0, 0.05) is 26.7 Å². The number of Topliss-reactive ketones (excluding diaryl/α,β-unsaturated/α-hetero) is 2. The highest BCUT2D eigenvalue weighted by Gasteiger charge is 2.65. The van der Waals surface area contributed by atoms with E-state index in [1.54, 1.807) is 43.5 Å². The van der Waals surface area contributed by atoms with E-state index in [-0.39, 0.29) is 24.7 Å². The van der Waals surface area contributed by atoms with Crippen LogP contribution in [0.15, 0.2) is 42.5 Å². The van der Waals surface area contributed by atoms with Gasteiger partial charge in [0.25, 0.3) is 0 Å². The van der Waals surface area contributed by atoms with E-state index in [1.165, 1.54) is 11.9 Å². The Hall–Kier alpha value is -3.43.